The zero-order valence-electron chi connectivity index (χ0n) is 11.6. The van der Waals surface area contributed by atoms with E-state index in [0.29, 0.717) is 6.04 Å². The van der Waals surface area contributed by atoms with Crippen LogP contribution in [0.15, 0.2) is 0 Å². The van der Waals surface area contributed by atoms with Crippen LogP contribution in [-0.4, -0.2) is 37.1 Å². The summed E-state index contributed by atoms with van der Waals surface area (Å²) < 4.78 is 0. The zero-order chi connectivity index (χ0) is 12.0. The van der Waals surface area contributed by atoms with Crippen LogP contribution >= 0.6 is 0 Å². The highest BCUT2D eigenvalue weighted by molar-refractivity contribution is 4.78. The van der Waals surface area contributed by atoms with Crippen LogP contribution in [0.2, 0.25) is 0 Å². The molecule has 1 aliphatic rings. The monoisotopic (exact) mass is 226 g/mol. The molecule has 96 valence electrons. The molecule has 1 aliphatic carbocycles. The molecule has 1 fully saturated rings. The second-order valence-corrected chi connectivity index (χ2v) is 5.71. The van der Waals surface area contributed by atoms with E-state index < -0.39 is 0 Å². The van der Waals surface area contributed by atoms with Crippen molar-refractivity contribution in [1.29, 1.82) is 0 Å². The first-order valence-corrected chi connectivity index (χ1v) is 7.07. The van der Waals surface area contributed by atoms with Gasteiger partial charge in [0.1, 0.15) is 0 Å². The van der Waals surface area contributed by atoms with Crippen molar-refractivity contribution in [1.82, 2.24) is 10.2 Å². The molecule has 0 heterocycles. The third-order valence-corrected chi connectivity index (χ3v) is 3.91. The fourth-order valence-corrected chi connectivity index (χ4v) is 2.72. The fourth-order valence-electron chi connectivity index (χ4n) is 2.72. The summed E-state index contributed by atoms with van der Waals surface area (Å²) in [5, 5.41) is 3.57. The summed E-state index contributed by atoms with van der Waals surface area (Å²) in [6.07, 6.45) is 6.88. The van der Waals surface area contributed by atoms with Crippen LogP contribution in [0.25, 0.3) is 0 Å². The normalized spacial score (nSPS) is 28.3. The van der Waals surface area contributed by atoms with Crippen LogP contribution in [0.3, 0.4) is 0 Å². The molecule has 1 N–H and O–H groups in total. The fraction of sp³-hybridized carbons (Fsp3) is 1.00. The van der Waals surface area contributed by atoms with Gasteiger partial charge in [-0.1, -0.05) is 13.8 Å². The predicted molar refractivity (Wildman–Crippen MR) is 71.8 cm³/mol. The summed E-state index contributed by atoms with van der Waals surface area (Å²) >= 11 is 0. The smallest absolute Gasteiger partial charge is 0.0166 e. The van der Waals surface area contributed by atoms with Crippen molar-refractivity contribution in [3.8, 4) is 0 Å². The molecule has 2 nitrogen and oxygen atoms in total. The van der Waals surface area contributed by atoms with Crippen LogP contribution < -0.4 is 5.32 Å². The second kappa shape index (κ2) is 7.29. The highest BCUT2D eigenvalue weighted by atomic mass is 15.2. The van der Waals surface area contributed by atoms with E-state index in [4.69, 9.17) is 0 Å². The maximum atomic E-state index is 3.57. The van der Waals surface area contributed by atoms with E-state index in [1.54, 1.807) is 0 Å². The highest BCUT2D eigenvalue weighted by Crippen LogP contribution is 2.26. The first-order chi connectivity index (χ1) is 7.63. The number of hydrogen-bond acceptors (Lipinski definition) is 2. The molecule has 1 atom stereocenters. The molecule has 0 saturated heterocycles. The highest BCUT2D eigenvalue weighted by Gasteiger charge is 2.22. The van der Waals surface area contributed by atoms with Gasteiger partial charge in [-0.2, -0.15) is 0 Å². The lowest BCUT2D eigenvalue weighted by Gasteiger charge is -2.35. The van der Waals surface area contributed by atoms with E-state index in [2.05, 4.69) is 38.0 Å². The topological polar surface area (TPSA) is 15.3 Å². The predicted octanol–water partition coefficient (Wildman–Crippen LogP) is 2.89. The standard InChI is InChI=1S/C14H30N2/c1-5-10-15-13(3)11-16(4)14-8-6-12(2)7-9-14/h12-15H,5-11H2,1-4H3. The maximum absolute atomic E-state index is 3.57. The molecule has 0 radical (unpaired) electrons. The lowest BCUT2D eigenvalue weighted by molar-refractivity contribution is 0.159. The Kier molecular flexibility index (Phi) is 6.37. The van der Waals surface area contributed by atoms with Crippen molar-refractivity contribution in [2.24, 2.45) is 5.92 Å². The molecule has 0 aliphatic heterocycles. The van der Waals surface area contributed by atoms with Gasteiger partial charge in [-0.05, 0) is 58.5 Å². The Morgan fingerprint density at radius 3 is 2.44 bits per heavy atom. The van der Waals surface area contributed by atoms with Gasteiger partial charge in [0.2, 0.25) is 0 Å². The van der Waals surface area contributed by atoms with E-state index in [9.17, 15) is 0 Å². The molecule has 0 aromatic rings. The molecule has 16 heavy (non-hydrogen) atoms. The summed E-state index contributed by atoms with van der Waals surface area (Å²) in [6, 6.07) is 1.46. The van der Waals surface area contributed by atoms with Gasteiger partial charge in [-0.3, -0.25) is 0 Å². The van der Waals surface area contributed by atoms with Crippen molar-refractivity contribution in [2.45, 2.75) is 65.0 Å². The minimum absolute atomic E-state index is 0.629. The summed E-state index contributed by atoms with van der Waals surface area (Å²) in [5.74, 6) is 0.959. The summed E-state index contributed by atoms with van der Waals surface area (Å²) in [4.78, 5) is 2.57. The summed E-state index contributed by atoms with van der Waals surface area (Å²) in [6.45, 7) is 9.26. The lowest BCUT2D eigenvalue weighted by Crippen LogP contribution is -2.43. The van der Waals surface area contributed by atoms with E-state index in [1.165, 1.54) is 38.6 Å². The van der Waals surface area contributed by atoms with Gasteiger partial charge >= 0.3 is 0 Å². The van der Waals surface area contributed by atoms with Gasteiger partial charge in [-0.25, -0.2) is 0 Å². The third-order valence-electron chi connectivity index (χ3n) is 3.91. The van der Waals surface area contributed by atoms with Crippen molar-refractivity contribution in [2.75, 3.05) is 20.1 Å². The molecule has 1 saturated carbocycles. The summed E-state index contributed by atoms with van der Waals surface area (Å²) in [5.41, 5.74) is 0. The molecule has 0 aromatic heterocycles. The first kappa shape index (κ1) is 14.0. The Hall–Kier alpha value is -0.0800. The molecule has 0 spiro atoms. The third kappa shape index (κ3) is 4.84. The zero-order valence-corrected chi connectivity index (χ0v) is 11.6. The van der Waals surface area contributed by atoms with Gasteiger partial charge in [0.25, 0.3) is 0 Å². The van der Waals surface area contributed by atoms with Crippen LogP contribution in [0.4, 0.5) is 0 Å². The van der Waals surface area contributed by atoms with Crippen molar-refractivity contribution in [3.63, 3.8) is 0 Å². The number of nitrogens with one attached hydrogen (secondary N) is 1. The van der Waals surface area contributed by atoms with Crippen molar-refractivity contribution in [3.05, 3.63) is 0 Å². The van der Waals surface area contributed by atoms with Gasteiger partial charge < -0.3 is 10.2 Å². The number of likely N-dealkylation sites (N-methyl/N-ethyl adjacent to an activating group) is 1. The number of rotatable bonds is 6. The Labute approximate surface area is 102 Å². The van der Waals surface area contributed by atoms with Crippen molar-refractivity contribution < 1.29 is 0 Å². The Morgan fingerprint density at radius 1 is 1.25 bits per heavy atom. The molecular weight excluding hydrogens is 196 g/mol. The molecule has 0 aromatic carbocycles. The molecule has 2 heteroatoms. The average molecular weight is 226 g/mol. The molecular formula is C14H30N2. The lowest BCUT2D eigenvalue weighted by atomic mass is 9.86. The minimum atomic E-state index is 0.629. The molecule has 0 bridgehead atoms. The van der Waals surface area contributed by atoms with Gasteiger partial charge in [0.05, 0.1) is 0 Å². The Balaban J connectivity index is 2.20. The van der Waals surface area contributed by atoms with Crippen LogP contribution in [-0.2, 0) is 0 Å². The average Bonchev–Trinajstić information content (AvgIpc) is 2.27. The number of hydrogen-bond donors (Lipinski definition) is 1. The Bertz CT molecular complexity index is 174. The largest absolute Gasteiger partial charge is 0.313 e. The van der Waals surface area contributed by atoms with E-state index >= 15 is 0 Å². The molecule has 1 rings (SSSR count). The van der Waals surface area contributed by atoms with E-state index in [0.717, 1.165) is 18.5 Å². The van der Waals surface area contributed by atoms with Gasteiger partial charge in [0, 0.05) is 18.6 Å². The molecule has 1 unspecified atom stereocenters. The van der Waals surface area contributed by atoms with Crippen LogP contribution in [0.5, 0.6) is 0 Å². The van der Waals surface area contributed by atoms with Crippen LogP contribution in [0, 0.1) is 5.92 Å². The van der Waals surface area contributed by atoms with E-state index in [1.807, 2.05) is 0 Å². The van der Waals surface area contributed by atoms with Crippen molar-refractivity contribution >= 4 is 0 Å². The Morgan fingerprint density at radius 2 is 1.88 bits per heavy atom. The second-order valence-electron chi connectivity index (χ2n) is 5.71. The van der Waals surface area contributed by atoms with Gasteiger partial charge in [-0.15, -0.1) is 0 Å². The van der Waals surface area contributed by atoms with Crippen LogP contribution in [0.1, 0.15) is 52.9 Å². The summed E-state index contributed by atoms with van der Waals surface area (Å²) in [7, 11) is 2.30. The first-order valence-electron chi connectivity index (χ1n) is 7.07. The van der Waals surface area contributed by atoms with Gasteiger partial charge in [0.15, 0.2) is 0 Å². The van der Waals surface area contributed by atoms with E-state index in [-0.39, 0.29) is 0 Å². The maximum Gasteiger partial charge on any atom is 0.0166 e. The minimum Gasteiger partial charge on any atom is -0.313 e. The quantitative estimate of drug-likeness (QED) is 0.749. The number of nitrogens with zero attached hydrogens (tertiary/aromatic N) is 1. The molecule has 0 amide bonds. The SMILES string of the molecule is CCCNC(C)CN(C)C1CCC(C)CC1.